The van der Waals surface area contributed by atoms with E-state index >= 15 is 0 Å². The van der Waals surface area contributed by atoms with Gasteiger partial charge in [0.15, 0.2) is 0 Å². The molecule has 2 aromatic rings. The first-order chi connectivity index (χ1) is 8.56. The monoisotopic (exact) mass is 346 g/mol. The lowest BCUT2D eigenvalue weighted by Gasteiger charge is -2.17. The number of rotatable bonds is 3. The Morgan fingerprint density at radius 3 is 2.33 bits per heavy atom. The first kappa shape index (κ1) is 13.5. The average molecular weight is 348 g/mol. The molecule has 18 heavy (non-hydrogen) atoms. The summed E-state index contributed by atoms with van der Waals surface area (Å²) in [7, 11) is 1.86. The maximum absolute atomic E-state index is 5.75. The van der Waals surface area contributed by atoms with Crippen molar-refractivity contribution in [3.8, 4) is 0 Å². The summed E-state index contributed by atoms with van der Waals surface area (Å²) < 4.78 is 1.03. The molecule has 4 nitrogen and oxygen atoms in total. The Morgan fingerprint density at radius 2 is 1.72 bits per heavy atom. The molecule has 0 aliphatic carbocycles. The van der Waals surface area contributed by atoms with E-state index in [1.54, 1.807) is 0 Å². The number of hydrogen-bond donors (Lipinski definition) is 0. The molecule has 0 N–H and O–H groups in total. The lowest BCUT2D eigenvalue weighted by Crippen LogP contribution is -2.19. The summed E-state index contributed by atoms with van der Waals surface area (Å²) >= 11 is 15.0. The molecular formula is C11H9BrCl2N4. The van der Waals surface area contributed by atoms with Gasteiger partial charge < -0.3 is 4.90 Å². The second-order valence-electron chi connectivity index (χ2n) is 3.62. The molecule has 0 atom stereocenters. The Labute approximate surface area is 123 Å². The minimum absolute atomic E-state index is 0.0870. The number of benzene rings is 1. The molecule has 0 aliphatic rings. The van der Waals surface area contributed by atoms with Crippen molar-refractivity contribution in [1.29, 1.82) is 0 Å². The Balaban J connectivity index is 2.22. The normalized spacial score (nSPS) is 10.4. The van der Waals surface area contributed by atoms with Crippen molar-refractivity contribution in [3.05, 3.63) is 44.9 Å². The van der Waals surface area contributed by atoms with Gasteiger partial charge in [-0.25, -0.2) is 0 Å². The molecule has 0 radical (unpaired) electrons. The number of anilines is 1. The second kappa shape index (κ2) is 5.82. The highest BCUT2D eigenvalue weighted by Crippen LogP contribution is 2.20. The van der Waals surface area contributed by atoms with Crippen molar-refractivity contribution in [2.24, 2.45) is 0 Å². The van der Waals surface area contributed by atoms with Crippen LogP contribution in [0.2, 0.25) is 10.6 Å². The fourth-order valence-electron chi connectivity index (χ4n) is 1.44. The molecule has 0 spiro atoms. The van der Waals surface area contributed by atoms with Crippen LogP contribution in [-0.4, -0.2) is 22.0 Å². The van der Waals surface area contributed by atoms with Gasteiger partial charge in [0.1, 0.15) is 0 Å². The van der Waals surface area contributed by atoms with Gasteiger partial charge in [0.2, 0.25) is 16.5 Å². The van der Waals surface area contributed by atoms with Crippen LogP contribution in [0.5, 0.6) is 0 Å². The van der Waals surface area contributed by atoms with Gasteiger partial charge in [-0.05, 0) is 34.8 Å². The fraction of sp³-hybridized carbons (Fsp3) is 0.182. The van der Waals surface area contributed by atoms with Crippen LogP contribution in [0.3, 0.4) is 0 Å². The van der Waals surface area contributed by atoms with Crippen molar-refractivity contribution in [3.63, 3.8) is 0 Å². The van der Waals surface area contributed by atoms with Gasteiger partial charge in [-0.15, -0.1) is 0 Å². The zero-order chi connectivity index (χ0) is 13.1. The van der Waals surface area contributed by atoms with Crippen LogP contribution in [0.25, 0.3) is 0 Å². The summed E-state index contributed by atoms with van der Waals surface area (Å²) in [5, 5.41) is 0.174. The lowest BCUT2D eigenvalue weighted by atomic mass is 10.2. The van der Waals surface area contributed by atoms with E-state index in [-0.39, 0.29) is 10.6 Å². The highest BCUT2D eigenvalue weighted by atomic mass is 79.9. The fourth-order valence-corrected chi connectivity index (χ4v) is 2.20. The van der Waals surface area contributed by atoms with Crippen molar-refractivity contribution in [1.82, 2.24) is 15.0 Å². The van der Waals surface area contributed by atoms with Gasteiger partial charge in [0, 0.05) is 18.1 Å². The van der Waals surface area contributed by atoms with Gasteiger partial charge in [-0.3, -0.25) is 0 Å². The third kappa shape index (κ3) is 3.31. The quantitative estimate of drug-likeness (QED) is 0.851. The third-order valence-electron chi connectivity index (χ3n) is 2.28. The summed E-state index contributed by atoms with van der Waals surface area (Å²) in [4.78, 5) is 13.6. The Kier molecular flexibility index (Phi) is 4.37. The maximum atomic E-state index is 5.75. The Morgan fingerprint density at radius 1 is 1.11 bits per heavy atom. The number of hydrogen-bond acceptors (Lipinski definition) is 4. The number of nitrogens with zero attached hydrogens (tertiary/aromatic N) is 4. The molecule has 0 bridgehead atoms. The molecule has 0 amide bonds. The minimum Gasteiger partial charge on any atom is -0.339 e. The standard InChI is InChI=1S/C11H9BrCl2N4/c1-18(6-7-4-2-3-5-8(7)12)11-16-9(13)15-10(14)17-11/h2-5H,6H2,1H3. The van der Waals surface area contributed by atoms with Crippen LogP contribution < -0.4 is 4.90 Å². The van der Waals surface area contributed by atoms with E-state index in [0.29, 0.717) is 12.5 Å². The summed E-state index contributed by atoms with van der Waals surface area (Å²) in [6, 6.07) is 7.94. The third-order valence-corrected chi connectivity index (χ3v) is 3.39. The Hall–Kier alpha value is -0.910. The van der Waals surface area contributed by atoms with Crippen molar-refractivity contribution < 1.29 is 0 Å². The van der Waals surface area contributed by atoms with Gasteiger partial charge in [-0.2, -0.15) is 15.0 Å². The van der Waals surface area contributed by atoms with Crippen LogP contribution in [0, 0.1) is 0 Å². The smallest absolute Gasteiger partial charge is 0.231 e. The first-order valence-electron chi connectivity index (χ1n) is 5.08. The Bertz CT molecular complexity index is 544. The number of halogens is 3. The zero-order valence-electron chi connectivity index (χ0n) is 9.44. The van der Waals surface area contributed by atoms with E-state index < -0.39 is 0 Å². The molecular weight excluding hydrogens is 339 g/mol. The molecule has 0 saturated heterocycles. The topological polar surface area (TPSA) is 41.9 Å². The van der Waals surface area contributed by atoms with Crippen LogP contribution in [0.15, 0.2) is 28.7 Å². The van der Waals surface area contributed by atoms with Crippen LogP contribution in [0.4, 0.5) is 5.95 Å². The van der Waals surface area contributed by atoms with E-state index in [2.05, 4.69) is 30.9 Å². The molecule has 1 aromatic heterocycles. The highest BCUT2D eigenvalue weighted by molar-refractivity contribution is 9.10. The molecule has 1 heterocycles. The zero-order valence-corrected chi connectivity index (χ0v) is 12.5. The van der Waals surface area contributed by atoms with Crippen molar-refractivity contribution >= 4 is 45.1 Å². The molecule has 94 valence electrons. The minimum atomic E-state index is 0.0870. The molecule has 2 rings (SSSR count). The van der Waals surface area contributed by atoms with Gasteiger partial charge >= 0.3 is 0 Å². The van der Waals surface area contributed by atoms with Crippen molar-refractivity contribution in [2.45, 2.75) is 6.54 Å². The summed E-state index contributed by atoms with van der Waals surface area (Å²) in [6.07, 6.45) is 0. The predicted octanol–water partition coefficient (Wildman–Crippen LogP) is 3.58. The van der Waals surface area contributed by atoms with Crippen LogP contribution in [-0.2, 0) is 6.54 Å². The molecule has 1 aromatic carbocycles. The summed E-state index contributed by atoms with van der Waals surface area (Å²) in [5.74, 6) is 0.441. The number of aromatic nitrogens is 3. The predicted molar refractivity (Wildman–Crippen MR) is 76.1 cm³/mol. The van der Waals surface area contributed by atoms with E-state index in [9.17, 15) is 0 Å². The SMILES string of the molecule is CN(Cc1ccccc1Br)c1nc(Cl)nc(Cl)n1. The van der Waals surface area contributed by atoms with Gasteiger partial charge in [0.25, 0.3) is 0 Å². The molecule has 0 aliphatic heterocycles. The average Bonchev–Trinajstić information content (AvgIpc) is 2.31. The molecule has 7 heteroatoms. The maximum Gasteiger partial charge on any atom is 0.231 e. The molecule has 0 fully saturated rings. The molecule has 0 saturated carbocycles. The van der Waals surface area contributed by atoms with Crippen molar-refractivity contribution in [2.75, 3.05) is 11.9 Å². The van der Waals surface area contributed by atoms with E-state index in [1.807, 2.05) is 36.2 Å². The van der Waals surface area contributed by atoms with Gasteiger partial charge in [0.05, 0.1) is 0 Å². The highest BCUT2D eigenvalue weighted by Gasteiger charge is 2.10. The van der Waals surface area contributed by atoms with Gasteiger partial charge in [-0.1, -0.05) is 34.1 Å². The lowest BCUT2D eigenvalue weighted by molar-refractivity contribution is 0.850. The summed E-state index contributed by atoms with van der Waals surface area (Å²) in [5.41, 5.74) is 1.12. The van der Waals surface area contributed by atoms with Crippen LogP contribution >= 0.6 is 39.1 Å². The summed E-state index contributed by atoms with van der Waals surface area (Å²) in [6.45, 7) is 0.637. The first-order valence-corrected chi connectivity index (χ1v) is 6.63. The van der Waals surface area contributed by atoms with E-state index in [1.165, 1.54) is 0 Å². The largest absolute Gasteiger partial charge is 0.339 e. The molecule has 0 unspecified atom stereocenters. The van der Waals surface area contributed by atoms with Crippen LogP contribution in [0.1, 0.15) is 5.56 Å². The van der Waals surface area contributed by atoms with E-state index in [0.717, 1.165) is 10.0 Å². The second-order valence-corrected chi connectivity index (χ2v) is 5.15. The van der Waals surface area contributed by atoms with E-state index in [4.69, 9.17) is 23.2 Å².